The van der Waals surface area contributed by atoms with Crippen molar-refractivity contribution in [2.24, 2.45) is 0 Å². The summed E-state index contributed by atoms with van der Waals surface area (Å²) in [6.45, 7) is 4.52. The van der Waals surface area contributed by atoms with Crippen molar-refractivity contribution in [3.8, 4) is 0 Å². The number of fused-ring (bicyclic) bond motifs is 7. The summed E-state index contributed by atoms with van der Waals surface area (Å²) in [4.78, 5) is 0. The summed E-state index contributed by atoms with van der Waals surface area (Å²) < 4.78 is 16.8. The Hall–Kier alpha value is -4.30. The Labute approximate surface area is 247 Å². The van der Waals surface area contributed by atoms with Crippen molar-refractivity contribution >= 4 is 51.6 Å². The summed E-state index contributed by atoms with van der Waals surface area (Å²) in [6.07, 6.45) is 1.85. The van der Waals surface area contributed by atoms with Crippen LogP contribution in [0.2, 0.25) is 0 Å². The molecule has 3 nitrogen and oxygen atoms in total. The highest BCUT2D eigenvalue weighted by Gasteiger charge is 2.32. The summed E-state index contributed by atoms with van der Waals surface area (Å²) >= 11 is 0. The first-order valence-corrected chi connectivity index (χ1v) is 16.0. The van der Waals surface area contributed by atoms with Crippen LogP contribution >= 0.6 is 8.16 Å². The second-order valence-corrected chi connectivity index (χ2v) is 12.1. The third kappa shape index (κ3) is 4.69. The largest absolute Gasteiger partial charge is 0.408 e. The van der Waals surface area contributed by atoms with Crippen molar-refractivity contribution in [1.29, 1.82) is 0 Å². The number of nitrogens with zero attached hydrogens (tertiary/aromatic N) is 1. The van der Waals surface area contributed by atoms with Gasteiger partial charge in [0.1, 0.15) is 11.2 Å². The van der Waals surface area contributed by atoms with Crippen LogP contribution < -0.4 is 4.67 Å². The van der Waals surface area contributed by atoms with Crippen LogP contribution in [0.3, 0.4) is 0 Å². The maximum Gasteiger partial charge on any atom is 0.310 e. The lowest BCUT2D eigenvalue weighted by Gasteiger charge is -2.35. The molecule has 1 aromatic heterocycles. The summed E-state index contributed by atoms with van der Waals surface area (Å²) in [7, 11) is -1.55. The second kappa shape index (κ2) is 11.5. The minimum Gasteiger partial charge on any atom is -0.408 e. The van der Waals surface area contributed by atoms with Crippen molar-refractivity contribution in [2.75, 3.05) is 4.67 Å². The summed E-state index contributed by atoms with van der Waals surface area (Å²) in [5, 5.41) is 6.92. The van der Waals surface area contributed by atoms with Crippen LogP contribution in [0.25, 0.3) is 43.5 Å². The van der Waals surface area contributed by atoms with Gasteiger partial charge in [0, 0.05) is 22.9 Å². The fourth-order valence-electron chi connectivity index (χ4n) is 6.40. The van der Waals surface area contributed by atoms with Crippen molar-refractivity contribution in [2.45, 2.75) is 38.8 Å². The molecule has 42 heavy (non-hydrogen) atoms. The zero-order valence-electron chi connectivity index (χ0n) is 24.0. The van der Waals surface area contributed by atoms with E-state index in [0.29, 0.717) is 0 Å². The van der Waals surface area contributed by atoms with Crippen LogP contribution in [-0.2, 0) is 0 Å². The Bertz CT molecular complexity index is 1890. The number of benzene rings is 6. The molecule has 0 unspecified atom stereocenters. The quantitative estimate of drug-likeness (QED) is 0.192. The first kappa shape index (κ1) is 26.6. The predicted molar refractivity (Wildman–Crippen MR) is 178 cm³/mol. The van der Waals surface area contributed by atoms with Crippen LogP contribution in [0.5, 0.6) is 0 Å². The van der Waals surface area contributed by atoms with Gasteiger partial charge in [-0.1, -0.05) is 135 Å². The molecular formula is C38H34NO2P. The van der Waals surface area contributed by atoms with Crippen molar-refractivity contribution in [3.05, 3.63) is 145 Å². The fourth-order valence-corrected chi connectivity index (χ4v) is 8.31. The molecule has 1 heterocycles. The van der Waals surface area contributed by atoms with E-state index in [1.54, 1.807) is 0 Å². The summed E-state index contributed by atoms with van der Waals surface area (Å²) in [5.41, 5.74) is 4.27. The highest BCUT2D eigenvalue weighted by atomic mass is 31.1. The smallest absolute Gasteiger partial charge is 0.310 e. The molecule has 7 rings (SSSR count). The van der Waals surface area contributed by atoms with Crippen LogP contribution in [0, 0.1) is 0 Å². The molecule has 0 aliphatic rings. The summed E-state index contributed by atoms with van der Waals surface area (Å²) in [6, 6.07) is 47.6. The molecule has 0 spiro atoms. The molecule has 4 heteroatoms. The molecule has 0 aliphatic heterocycles. The average molecular weight is 568 g/mol. The average Bonchev–Trinajstić information content (AvgIpc) is 3.23. The first-order valence-electron chi connectivity index (χ1n) is 14.8. The van der Waals surface area contributed by atoms with Crippen molar-refractivity contribution in [3.63, 3.8) is 0 Å². The Kier molecular flexibility index (Phi) is 7.30. The van der Waals surface area contributed by atoms with E-state index in [0.717, 1.165) is 34.8 Å². The van der Waals surface area contributed by atoms with Gasteiger partial charge in [0.15, 0.2) is 0 Å². The SMILES string of the molecule is CC[C@H](c1ccccc1)N([C@H](CC)c1ccccc1)p1oc2ccc3ccccc3c2c2c(ccc3ccccc32)o1. The van der Waals surface area contributed by atoms with E-state index in [1.807, 2.05) is 0 Å². The molecule has 0 amide bonds. The molecule has 6 aromatic carbocycles. The highest BCUT2D eigenvalue weighted by Crippen LogP contribution is 2.49. The molecule has 0 aliphatic carbocycles. The van der Waals surface area contributed by atoms with Gasteiger partial charge in [0.2, 0.25) is 0 Å². The third-order valence-electron chi connectivity index (χ3n) is 8.35. The minimum atomic E-state index is -1.55. The second-order valence-electron chi connectivity index (χ2n) is 10.8. The van der Waals surface area contributed by atoms with Gasteiger partial charge in [-0.15, -0.1) is 0 Å². The van der Waals surface area contributed by atoms with E-state index in [-0.39, 0.29) is 12.1 Å². The minimum absolute atomic E-state index is 0.105. The van der Waals surface area contributed by atoms with E-state index in [9.17, 15) is 0 Å². The van der Waals surface area contributed by atoms with E-state index < -0.39 is 8.16 Å². The number of hydrogen-bond acceptors (Lipinski definition) is 3. The molecule has 0 radical (unpaired) electrons. The third-order valence-corrected chi connectivity index (χ3v) is 9.99. The van der Waals surface area contributed by atoms with Crippen LogP contribution in [-0.4, -0.2) is 0 Å². The molecule has 0 bridgehead atoms. The highest BCUT2D eigenvalue weighted by molar-refractivity contribution is 7.39. The monoisotopic (exact) mass is 567 g/mol. The molecule has 7 aromatic rings. The summed E-state index contributed by atoms with van der Waals surface area (Å²) in [5.74, 6) is 0. The fraction of sp³-hybridized carbons (Fsp3) is 0.158. The lowest BCUT2D eigenvalue weighted by molar-refractivity contribution is 0.503. The molecule has 2 atom stereocenters. The van der Waals surface area contributed by atoms with Gasteiger partial charge in [-0.3, -0.25) is 0 Å². The Morgan fingerprint density at radius 3 is 1.33 bits per heavy atom. The Balaban J connectivity index is 1.61. The number of hydrogen-bond donors (Lipinski definition) is 0. The van der Waals surface area contributed by atoms with Gasteiger partial charge in [0.25, 0.3) is 0 Å². The van der Waals surface area contributed by atoms with Crippen LogP contribution in [0.15, 0.2) is 142 Å². The molecule has 208 valence electrons. The van der Waals surface area contributed by atoms with Gasteiger partial charge in [-0.05, 0) is 57.6 Å². The zero-order chi connectivity index (χ0) is 28.5. The van der Waals surface area contributed by atoms with Crippen molar-refractivity contribution < 1.29 is 8.39 Å². The van der Waals surface area contributed by atoms with Gasteiger partial charge in [0.05, 0.1) is 0 Å². The molecule has 0 saturated carbocycles. The molecule has 0 saturated heterocycles. The van der Waals surface area contributed by atoms with Crippen LogP contribution in [0.1, 0.15) is 49.9 Å². The predicted octanol–water partition coefficient (Wildman–Crippen LogP) is 11.8. The Morgan fingerprint density at radius 2 is 0.905 bits per heavy atom. The lowest BCUT2D eigenvalue weighted by atomic mass is 9.99. The Morgan fingerprint density at radius 1 is 0.500 bits per heavy atom. The van der Waals surface area contributed by atoms with Crippen LogP contribution in [0.4, 0.5) is 0 Å². The van der Waals surface area contributed by atoms with Gasteiger partial charge >= 0.3 is 8.16 Å². The van der Waals surface area contributed by atoms with E-state index >= 15 is 0 Å². The molecule has 0 N–H and O–H groups in total. The maximum absolute atomic E-state index is 7.14. The van der Waals surface area contributed by atoms with E-state index in [4.69, 9.17) is 8.39 Å². The van der Waals surface area contributed by atoms with E-state index in [1.165, 1.54) is 32.7 Å². The van der Waals surface area contributed by atoms with Gasteiger partial charge in [-0.2, -0.15) is 4.67 Å². The van der Waals surface area contributed by atoms with Gasteiger partial charge < -0.3 is 8.39 Å². The standard InChI is InChI=1S/C38H34NO2P/c1-3-33(29-17-7-5-8-18-29)39(34(4-2)30-19-9-6-10-20-30)42-40-35-25-23-27-15-11-13-21-31(27)37(35)38-32-22-14-12-16-28(32)24-26-36(38)41-42/h5-26,33-34H,3-4H2,1-2H3/t33-,34-/m1/s1. The topological polar surface area (TPSA) is 29.5 Å². The zero-order valence-corrected chi connectivity index (χ0v) is 24.9. The molecule has 0 fully saturated rings. The first-order chi connectivity index (χ1) is 20.8. The lowest BCUT2D eigenvalue weighted by Crippen LogP contribution is -2.30. The van der Waals surface area contributed by atoms with Crippen molar-refractivity contribution in [1.82, 2.24) is 0 Å². The van der Waals surface area contributed by atoms with Gasteiger partial charge in [-0.25, -0.2) is 0 Å². The molecular weight excluding hydrogens is 533 g/mol. The number of rotatable bonds is 7. The van der Waals surface area contributed by atoms with E-state index in [2.05, 4.69) is 152 Å². The normalized spacial score (nSPS) is 13.2. The maximum atomic E-state index is 7.14.